The lowest BCUT2D eigenvalue weighted by Crippen LogP contribution is -2.42. The van der Waals surface area contributed by atoms with Gasteiger partial charge in [-0.2, -0.15) is 0 Å². The summed E-state index contributed by atoms with van der Waals surface area (Å²) >= 11 is 0. The average molecular weight is 360 g/mol. The molecule has 7 nitrogen and oxygen atoms in total. The van der Waals surface area contributed by atoms with Crippen LogP contribution in [0.2, 0.25) is 0 Å². The summed E-state index contributed by atoms with van der Waals surface area (Å²) in [7, 11) is 0. The van der Waals surface area contributed by atoms with Gasteiger partial charge in [0.1, 0.15) is 19.3 Å². The van der Waals surface area contributed by atoms with Crippen LogP contribution in [0, 0.1) is 0 Å². The molecule has 0 bridgehead atoms. The second-order valence-electron chi connectivity index (χ2n) is 6.55. The third-order valence-electron chi connectivity index (χ3n) is 4.71. The average Bonchev–Trinajstić information content (AvgIpc) is 2.72. The molecule has 140 valence electrons. The molecule has 0 spiro atoms. The lowest BCUT2D eigenvalue weighted by molar-refractivity contribution is -0.131. The zero-order chi connectivity index (χ0) is 17.8. The number of carbonyl (C=O) groups excluding carboxylic acids is 1. The van der Waals surface area contributed by atoms with Crippen molar-refractivity contribution in [3.8, 4) is 11.5 Å². The van der Waals surface area contributed by atoms with Crippen LogP contribution in [-0.2, 0) is 14.3 Å². The molecule has 1 N–H and O–H groups in total. The molecule has 1 atom stereocenters. The van der Waals surface area contributed by atoms with Crippen molar-refractivity contribution in [1.82, 2.24) is 10.2 Å². The molecule has 1 aromatic rings. The molecule has 4 rings (SSSR count). The maximum atomic E-state index is 12.6. The fraction of sp³-hybridized carbons (Fsp3) is 0.526. The molecule has 0 aromatic heterocycles. The molecule has 0 radical (unpaired) electrons. The molecule has 0 saturated carbocycles. The maximum absolute atomic E-state index is 12.6. The molecule has 1 aromatic carbocycles. The number of rotatable bonds is 4. The number of ether oxygens (including phenoxy) is 4. The Morgan fingerprint density at radius 3 is 2.96 bits per heavy atom. The van der Waals surface area contributed by atoms with E-state index in [1.807, 2.05) is 29.2 Å². The van der Waals surface area contributed by atoms with Crippen LogP contribution in [0.15, 0.2) is 23.8 Å². The van der Waals surface area contributed by atoms with Crippen molar-refractivity contribution in [2.45, 2.75) is 6.10 Å². The predicted molar refractivity (Wildman–Crippen MR) is 95.4 cm³/mol. The number of para-hydroxylation sites is 1. The molecule has 0 unspecified atom stereocenters. The van der Waals surface area contributed by atoms with Gasteiger partial charge in [0.2, 0.25) is 0 Å². The largest absolute Gasteiger partial charge is 0.487 e. The molecule has 2 saturated heterocycles. The molecule has 2 fully saturated rings. The standard InChI is InChI=1S/C19H24N2O5/c22-19(21-5-8-23-9-6-21)15-10-14-2-1-3-17(18(14)26-12-15)25-13-16-11-20-4-7-24-16/h1-3,10,16,20H,4-9,11-13H2/t16-/m1/s1. The van der Waals surface area contributed by atoms with Crippen LogP contribution in [0.1, 0.15) is 5.56 Å². The second-order valence-corrected chi connectivity index (χ2v) is 6.55. The van der Waals surface area contributed by atoms with E-state index in [4.69, 9.17) is 18.9 Å². The van der Waals surface area contributed by atoms with Gasteiger partial charge in [-0.05, 0) is 12.1 Å². The van der Waals surface area contributed by atoms with Crippen molar-refractivity contribution in [2.24, 2.45) is 0 Å². The summed E-state index contributed by atoms with van der Waals surface area (Å²) in [6.45, 7) is 5.52. The third kappa shape index (κ3) is 3.85. The van der Waals surface area contributed by atoms with Crippen LogP contribution >= 0.6 is 0 Å². The van der Waals surface area contributed by atoms with E-state index in [1.54, 1.807) is 0 Å². The minimum absolute atomic E-state index is 0.0203. The van der Waals surface area contributed by atoms with E-state index in [-0.39, 0.29) is 18.6 Å². The highest BCUT2D eigenvalue weighted by atomic mass is 16.5. The molecule has 7 heteroatoms. The fourth-order valence-electron chi connectivity index (χ4n) is 3.30. The number of fused-ring (bicyclic) bond motifs is 1. The van der Waals surface area contributed by atoms with Crippen molar-refractivity contribution >= 4 is 12.0 Å². The van der Waals surface area contributed by atoms with Gasteiger partial charge in [-0.1, -0.05) is 12.1 Å². The molecule has 3 aliphatic heterocycles. The Morgan fingerprint density at radius 1 is 1.27 bits per heavy atom. The lowest BCUT2D eigenvalue weighted by Gasteiger charge is -2.29. The fourth-order valence-corrected chi connectivity index (χ4v) is 3.30. The quantitative estimate of drug-likeness (QED) is 0.852. The van der Waals surface area contributed by atoms with Crippen LogP contribution in [-0.4, -0.2) is 76.1 Å². The van der Waals surface area contributed by atoms with Crippen LogP contribution in [0.4, 0.5) is 0 Å². The van der Waals surface area contributed by atoms with E-state index in [1.165, 1.54) is 0 Å². The van der Waals surface area contributed by atoms with Crippen molar-refractivity contribution < 1.29 is 23.7 Å². The van der Waals surface area contributed by atoms with Gasteiger partial charge in [0.05, 0.1) is 25.4 Å². The topological polar surface area (TPSA) is 69.3 Å². The number of morpholine rings is 2. The summed E-state index contributed by atoms with van der Waals surface area (Å²) in [6.07, 6.45) is 1.94. The highest BCUT2D eigenvalue weighted by Crippen LogP contribution is 2.36. The maximum Gasteiger partial charge on any atom is 0.253 e. The zero-order valence-corrected chi connectivity index (χ0v) is 14.7. The molecule has 0 aliphatic carbocycles. The first-order valence-corrected chi connectivity index (χ1v) is 9.10. The Labute approximate surface area is 152 Å². The number of hydrogen-bond donors (Lipinski definition) is 1. The Kier molecular flexibility index (Phi) is 5.38. The minimum atomic E-state index is 0.0203. The van der Waals surface area contributed by atoms with E-state index < -0.39 is 0 Å². The second kappa shape index (κ2) is 8.07. The molecule has 1 amide bonds. The van der Waals surface area contributed by atoms with Crippen LogP contribution < -0.4 is 14.8 Å². The van der Waals surface area contributed by atoms with Crippen LogP contribution in [0.5, 0.6) is 11.5 Å². The van der Waals surface area contributed by atoms with E-state index in [0.29, 0.717) is 56.6 Å². The van der Waals surface area contributed by atoms with Crippen molar-refractivity contribution in [3.05, 3.63) is 29.3 Å². The summed E-state index contributed by atoms with van der Waals surface area (Å²) in [5.74, 6) is 1.40. The summed E-state index contributed by atoms with van der Waals surface area (Å²) in [5, 5.41) is 3.29. The van der Waals surface area contributed by atoms with Crippen molar-refractivity contribution in [2.75, 3.05) is 59.2 Å². The summed E-state index contributed by atoms with van der Waals surface area (Å²) in [4.78, 5) is 14.5. The molecular formula is C19H24N2O5. The highest BCUT2D eigenvalue weighted by Gasteiger charge is 2.25. The van der Waals surface area contributed by atoms with E-state index in [9.17, 15) is 4.79 Å². The van der Waals surface area contributed by atoms with Gasteiger partial charge in [0.15, 0.2) is 11.5 Å². The number of hydrogen-bond acceptors (Lipinski definition) is 6. The Hall–Kier alpha value is -2.09. The molecule has 3 heterocycles. The summed E-state index contributed by atoms with van der Waals surface area (Å²) in [6, 6.07) is 5.74. The SMILES string of the molecule is O=C(C1=Cc2cccc(OC[C@H]3CNCCO3)c2OC1)N1CCOCC1. The van der Waals surface area contributed by atoms with E-state index in [0.717, 1.165) is 18.7 Å². The van der Waals surface area contributed by atoms with Gasteiger partial charge in [-0.25, -0.2) is 0 Å². The smallest absolute Gasteiger partial charge is 0.253 e. The van der Waals surface area contributed by atoms with Gasteiger partial charge in [-0.3, -0.25) is 4.79 Å². The summed E-state index contributed by atoms with van der Waals surface area (Å²) < 4.78 is 22.8. The zero-order valence-electron chi connectivity index (χ0n) is 14.7. The number of benzene rings is 1. The van der Waals surface area contributed by atoms with E-state index in [2.05, 4.69) is 5.32 Å². The van der Waals surface area contributed by atoms with Gasteiger partial charge >= 0.3 is 0 Å². The first-order chi connectivity index (χ1) is 12.8. The third-order valence-corrected chi connectivity index (χ3v) is 4.71. The van der Waals surface area contributed by atoms with Gasteiger partial charge in [0.25, 0.3) is 5.91 Å². The first kappa shape index (κ1) is 17.3. The molecule has 26 heavy (non-hydrogen) atoms. The monoisotopic (exact) mass is 360 g/mol. The Morgan fingerprint density at radius 2 is 2.15 bits per heavy atom. The number of amides is 1. The molecular weight excluding hydrogens is 336 g/mol. The Bertz CT molecular complexity index is 679. The summed E-state index contributed by atoms with van der Waals surface area (Å²) in [5.41, 5.74) is 1.53. The molecule has 3 aliphatic rings. The first-order valence-electron chi connectivity index (χ1n) is 9.10. The lowest BCUT2D eigenvalue weighted by atomic mass is 10.1. The Balaban J connectivity index is 1.45. The number of carbonyl (C=O) groups is 1. The van der Waals surface area contributed by atoms with Crippen LogP contribution in [0.25, 0.3) is 6.08 Å². The van der Waals surface area contributed by atoms with Gasteiger partial charge in [-0.15, -0.1) is 0 Å². The highest BCUT2D eigenvalue weighted by molar-refractivity contribution is 5.99. The van der Waals surface area contributed by atoms with Gasteiger partial charge < -0.3 is 29.2 Å². The van der Waals surface area contributed by atoms with Crippen molar-refractivity contribution in [3.63, 3.8) is 0 Å². The van der Waals surface area contributed by atoms with Crippen molar-refractivity contribution in [1.29, 1.82) is 0 Å². The van der Waals surface area contributed by atoms with Crippen LogP contribution in [0.3, 0.4) is 0 Å². The van der Waals surface area contributed by atoms with Gasteiger partial charge in [0, 0.05) is 31.7 Å². The normalized spacial score (nSPS) is 22.8. The number of nitrogens with zero attached hydrogens (tertiary/aromatic N) is 1. The predicted octanol–water partition coefficient (Wildman–Crippen LogP) is 0.688. The van der Waals surface area contributed by atoms with E-state index >= 15 is 0 Å². The minimum Gasteiger partial charge on any atom is -0.487 e. The number of nitrogens with one attached hydrogen (secondary N) is 1.